The van der Waals surface area contributed by atoms with Crippen LogP contribution in [0.3, 0.4) is 0 Å². The minimum absolute atomic E-state index is 0.00368. The lowest BCUT2D eigenvalue weighted by molar-refractivity contribution is -0.118. The van der Waals surface area contributed by atoms with Gasteiger partial charge in [-0.15, -0.1) is 0 Å². The largest absolute Gasteiger partial charge is 0.481 e. The molecule has 3 rings (SSSR count). The molecule has 0 atom stereocenters. The van der Waals surface area contributed by atoms with Gasteiger partial charge >= 0.3 is 0 Å². The van der Waals surface area contributed by atoms with Crippen molar-refractivity contribution < 1.29 is 14.3 Å². The molecule has 0 spiro atoms. The fraction of sp³-hybridized carbons (Fsp3) is 0.188. The maximum absolute atomic E-state index is 11.4. The van der Waals surface area contributed by atoms with E-state index >= 15 is 0 Å². The highest BCUT2D eigenvalue weighted by Gasteiger charge is 2.19. The van der Waals surface area contributed by atoms with Crippen LogP contribution in [0, 0.1) is 13.8 Å². The van der Waals surface area contributed by atoms with Crippen LogP contribution in [-0.2, 0) is 4.79 Å². The molecule has 21 heavy (non-hydrogen) atoms. The van der Waals surface area contributed by atoms with Gasteiger partial charge in [-0.05, 0) is 25.5 Å². The molecule has 1 heterocycles. The summed E-state index contributed by atoms with van der Waals surface area (Å²) in [6.07, 6.45) is 0. The van der Waals surface area contributed by atoms with E-state index < -0.39 is 0 Å². The molecule has 0 bridgehead atoms. The van der Waals surface area contributed by atoms with Gasteiger partial charge in [0.25, 0.3) is 5.91 Å². The van der Waals surface area contributed by atoms with Crippen molar-refractivity contribution in [3.05, 3.63) is 41.5 Å². The Hall–Kier alpha value is -2.69. The maximum atomic E-state index is 11.4. The van der Waals surface area contributed by atoms with Crippen LogP contribution < -0.4 is 20.5 Å². The normalized spacial score (nSPS) is 13.1. The van der Waals surface area contributed by atoms with E-state index in [0.717, 1.165) is 11.3 Å². The summed E-state index contributed by atoms with van der Waals surface area (Å²) in [4.78, 5) is 11.4. The molecular formula is C16H16N2O3. The van der Waals surface area contributed by atoms with Crippen molar-refractivity contribution >= 4 is 17.3 Å². The van der Waals surface area contributed by atoms with Gasteiger partial charge in [0, 0.05) is 12.1 Å². The molecule has 1 amide bonds. The first-order valence-electron chi connectivity index (χ1n) is 6.64. The SMILES string of the molecule is Cc1ccc(Oc2cc3c(cc2N)OCC(=O)N3)c(C)c1. The third kappa shape index (κ3) is 2.63. The van der Waals surface area contributed by atoms with Crippen LogP contribution in [0.4, 0.5) is 11.4 Å². The van der Waals surface area contributed by atoms with Crippen LogP contribution >= 0.6 is 0 Å². The van der Waals surface area contributed by atoms with Gasteiger partial charge in [-0.3, -0.25) is 4.79 Å². The van der Waals surface area contributed by atoms with Crippen LogP contribution in [0.15, 0.2) is 30.3 Å². The first-order chi connectivity index (χ1) is 10.0. The Morgan fingerprint density at radius 3 is 2.76 bits per heavy atom. The summed E-state index contributed by atoms with van der Waals surface area (Å²) < 4.78 is 11.2. The molecule has 5 heteroatoms. The topological polar surface area (TPSA) is 73.6 Å². The van der Waals surface area contributed by atoms with Crippen molar-refractivity contribution in [3.63, 3.8) is 0 Å². The molecule has 0 aliphatic carbocycles. The summed E-state index contributed by atoms with van der Waals surface area (Å²) in [5.41, 5.74) is 9.21. The summed E-state index contributed by atoms with van der Waals surface area (Å²) >= 11 is 0. The first-order valence-corrected chi connectivity index (χ1v) is 6.64. The number of hydrogen-bond acceptors (Lipinski definition) is 4. The molecule has 0 radical (unpaired) electrons. The van der Waals surface area contributed by atoms with E-state index in [1.807, 2.05) is 32.0 Å². The number of hydrogen-bond donors (Lipinski definition) is 2. The molecule has 2 aromatic carbocycles. The maximum Gasteiger partial charge on any atom is 0.262 e. The van der Waals surface area contributed by atoms with Gasteiger partial charge in [-0.2, -0.15) is 0 Å². The average molecular weight is 284 g/mol. The van der Waals surface area contributed by atoms with Crippen molar-refractivity contribution in [3.8, 4) is 17.2 Å². The molecule has 1 aliphatic rings. The Balaban J connectivity index is 1.95. The molecule has 1 aliphatic heterocycles. The Morgan fingerprint density at radius 1 is 1.19 bits per heavy atom. The van der Waals surface area contributed by atoms with E-state index in [2.05, 4.69) is 5.32 Å². The smallest absolute Gasteiger partial charge is 0.262 e. The minimum Gasteiger partial charge on any atom is -0.481 e. The number of anilines is 2. The van der Waals surface area contributed by atoms with Gasteiger partial charge in [-0.1, -0.05) is 17.7 Å². The Labute approximate surface area is 122 Å². The third-order valence-electron chi connectivity index (χ3n) is 3.30. The third-order valence-corrected chi connectivity index (χ3v) is 3.30. The number of nitrogens with one attached hydrogen (secondary N) is 1. The van der Waals surface area contributed by atoms with Gasteiger partial charge in [0.2, 0.25) is 0 Å². The second-order valence-electron chi connectivity index (χ2n) is 5.09. The molecule has 2 aromatic rings. The molecule has 0 aromatic heterocycles. The minimum atomic E-state index is -0.190. The summed E-state index contributed by atoms with van der Waals surface area (Å²) in [5, 5.41) is 2.74. The van der Waals surface area contributed by atoms with E-state index in [9.17, 15) is 4.79 Å². The zero-order valence-electron chi connectivity index (χ0n) is 11.9. The van der Waals surface area contributed by atoms with Gasteiger partial charge in [-0.25, -0.2) is 0 Å². The average Bonchev–Trinajstić information content (AvgIpc) is 2.43. The van der Waals surface area contributed by atoms with Crippen molar-refractivity contribution in [1.29, 1.82) is 0 Å². The summed E-state index contributed by atoms with van der Waals surface area (Å²) in [5.74, 6) is 1.59. The fourth-order valence-electron chi connectivity index (χ4n) is 2.24. The van der Waals surface area contributed by atoms with E-state index in [1.54, 1.807) is 12.1 Å². The number of rotatable bonds is 2. The van der Waals surface area contributed by atoms with Crippen LogP contribution in [0.1, 0.15) is 11.1 Å². The number of carbonyl (C=O) groups is 1. The lowest BCUT2D eigenvalue weighted by Crippen LogP contribution is -2.25. The fourth-order valence-corrected chi connectivity index (χ4v) is 2.24. The Morgan fingerprint density at radius 2 is 2.00 bits per heavy atom. The second-order valence-corrected chi connectivity index (χ2v) is 5.09. The second kappa shape index (κ2) is 5.01. The summed E-state index contributed by atoms with van der Waals surface area (Å²) in [6.45, 7) is 4.00. The number of nitrogen functional groups attached to an aromatic ring is 1. The van der Waals surface area contributed by atoms with E-state index in [4.69, 9.17) is 15.2 Å². The number of fused-ring (bicyclic) bond motifs is 1. The molecule has 0 unspecified atom stereocenters. The van der Waals surface area contributed by atoms with E-state index in [-0.39, 0.29) is 12.5 Å². The van der Waals surface area contributed by atoms with Gasteiger partial charge < -0.3 is 20.5 Å². The van der Waals surface area contributed by atoms with Crippen LogP contribution in [-0.4, -0.2) is 12.5 Å². The number of benzene rings is 2. The molecular weight excluding hydrogens is 268 g/mol. The molecule has 5 nitrogen and oxygen atoms in total. The Bertz CT molecular complexity index is 726. The number of ether oxygens (including phenoxy) is 2. The zero-order chi connectivity index (χ0) is 15.0. The van der Waals surface area contributed by atoms with Crippen LogP contribution in [0.2, 0.25) is 0 Å². The van der Waals surface area contributed by atoms with Crippen molar-refractivity contribution in [2.45, 2.75) is 13.8 Å². The number of nitrogens with two attached hydrogens (primary N) is 1. The standard InChI is InChI=1S/C16H16N2O3/c1-9-3-4-13(10(2)5-9)21-14-7-12-15(6-11(14)17)20-8-16(19)18-12/h3-7H,8,17H2,1-2H3,(H,18,19). The number of amides is 1. The van der Waals surface area contributed by atoms with E-state index in [1.165, 1.54) is 5.56 Å². The molecule has 0 saturated carbocycles. The molecule has 0 fully saturated rings. The lowest BCUT2D eigenvalue weighted by Gasteiger charge is -2.20. The Kier molecular flexibility index (Phi) is 3.17. The monoisotopic (exact) mass is 284 g/mol. The first kappa shape index (κ1) is 13.3. The zero-order valence-corrected chi connectivity index (χ0v) is 11.9. The quantitative estimate of drug-likeness (QED) is 0.831. The molecule has 108 valence electrons. The number of carbonyl (C=O) groups excluding carboxylic acids is 1. The van der Waals surface area contributed by atoms with Crippen molar-refractivity contribution in [2.24, 2.45) is 0 Å². The summed E-state index contributed by atoms with van der Waals surface area (Å²) in [6, 6.07) is 9.25. The predicted octanol–water partition coefficient (Wildman–Crippen LogP) is 3.01. The molecule has 3 N–H and O–H groups in total. The van der Waals surface area contributed by atoms with Gasteiger partial charge in [0.15, 0.2) is 12.4 Å². The predicted molar refractivity (Wildman–Crippen MR) is 81.0 cm³/mol. The highest BCUT2D eigenvalue weighted by molar-refractivity contribution is 5.96. The van der Waals surface area contributed by atoms with E-state index in [0.29, 0.717) is 22.9 Å². The molecule has 0 saturated heterocycles. The number of aryl methyl sites for hydroxylation is 2. The lowest BCUT2D eigenvalue weighted by atomic mass is 10.1. The van der Waals surface area contributed by atoms with Crippen molar-refractivity contribution in [2.75, 3.05) is 17.7 Å². The van der Waals surface area contributed by atoms with Crippen LogP contribution in [0.25, 0.3) is 0 Å². The highest BCUT2D eigenvalue weighted by atomic mass is 16.5. The van der Waals surface area contributed by atoms with Crippen molar-refractivity contribution in [1.82, 2.24) is 0 Å². The van der Waals surface area contributed by atoms with Crippen LogP contribution in [0.5, 0.6) is 17.2 Å². The van der Waals surface area contributed by atoms with Gasteiger partial charge in [0.05, 0.1) is 11.4 Å². The highest BCUT2D eigenvalue weighted by Crippen LogP contribution is 2.39. The van der Waals surface area contributed by atoms with Gasteiger partial charge in [0.1, 0.15) is 11.5 Å². The summed E-state index contributed by atoms with van der Waals surface area (Å²) in [7, 11) is 0.